The van der Waals surface area contributed by atoms with Gasteiger partial charge in [-0.05, 0) is 20.3 Å². The lowest BCUT2D eigenvalue weighted by Crippen LogP contribution is -2.09. The Morgan fingerprint density at radius 3 is 2.71 bits per heavy atom. The quantitative estimate of drug-likeness (QED) is 0.691. The molecule has 0 N–H and O–H groups in total. The number of fused-ring (bicyclic) bond motifs is 1. The molecule has 1 atom stereocenters. The van der Waals surface area contributed by atoms with Crippen molar-refractivity contribution in [2.45, 2.75) is 39.1 Å². The first-order valence-electron chi connectivity index (χ1n) is 6.98. The van der Waals surface area contributed by atoms with Crippen molar-refractivity contribution in [1.82, 2.24) is 24.3 Å². The predicted octanol–water partition coefficient (Wildman–Crippen LogP) is 3.45. The minimum atomic E-state index is -0.151. The predicted molar refractivity (Wildman–Crippen MR) is 86.1 cm³/mol. The van der Waals surface area contributed by atoms with E-state index >= 15 is 0 Å². The van der Waals surface area contributed by atoms with Crippen molar-refractivity contribution in [2.75, 3.05) is 0 Å². The van der Waals surface area contributed by atoms with Crippen LogP contribution in [0.1, 0.15) is 41.4 Å². The number of hydrogen-bond acceptors (Lipinski definition) is 4. The summed E-state index contributed by atoms with van der Waals surface area (Å²) in [5, 5.41) is 7.55. The van der Waals surface area contributed by atoms with Crippen LogP contribution in [-0.2, 0) is 20.0 Å². The first-order valence-corrected chi connectivity index (χ1v) is 8.30. The van der Waals surface area contributed by atoms with E-state index in [-0.39, 0.29) is 5.38 Å². The molecule has 3 aromatic rings. The molecule has 0 aliphatic rings. The van der Waals surface area contributed by atoms with Gasteiger partial charge >= 0.3 is 0 Å². The first kappa shape index (κ1) is 14.5. The standard InChI is InChI=1S/C14H18ClN5S/c1-5-11-12-14(19(4)18-11)20(13(17-12)8(2)15)6-10-7-21-9(3)16-10/h7-8H,5-6H2,1-4H3. The van der Waals surface area contributed by atoms with E-state index in [0.29, 0.717) is 6.54 Å². The number of nitrogens with zero attached hydrogens (tertiary/aromatic N) is 5. The van der Waals surface area contributed by atoms with Crippen LogP contribution in [0.25, 0.3) is 11.2 Å². The molecule has 1 unspecified atom stereocenters. The maximum Gasteiger partial charge on any atom is 0.159 e. The zero-order valence-corrected chi connectivity index (χ0v) is 14.2. The molecule has 21 heavy (non-hydrogen) atoms. The van der Waals surface area contributed by atoms with Crippen molar-refractivity contribution in [1.29, 1.82) is 0 Å². The summed E-state index contributed by atoms with van der Waals surface area (Å²) in [7, 11) is 1.95. The third-order valence-electron chi connectivity index (χ3n) is 3.50. The fraction of sp³-hybridized carbons (Fsp3) is 0.500. The van der Waals surface area contributed by atoms with Gasteiger partial charge in [0.2, 0.25) is 0 Å². The summed E-state index contributed by atoms with van der Waals surface area (Å²) < 4.78 is 4.02. The van der Waals surface area contributed by atoms with Gasteiger partial charge in [0.05, 0.1) is 28.3 Å². The number of alkyl halides is 1. The number of halogens is 1. The highest BCUT2D eigenvalue weighted by molar-refractivity contribution is 7.09. The van der Waals surface area contributed by atoms with Crippen molar-refractivity contribution in [3.8, 4) is 0 Å². The Kier molecular flexibility index (Phi) is 3.75. The van der Waals surface area contributed by atoms with E-state index in [1.807, 2.05) is 25.6 Å². The van der Waals surface area contributed by atoms with Gasteiger partial charge in [-0.1, -0.05) is 6.92 Å². The average Bonchev–Trinajstić information content (AvgIpc) is 3.07. The molecule has 0 radical (unpaired) electrons. The molecule has 0 saturated heterocycles. The van der Waals surface area contributed by atoms with E-state index in [1.165, 1.54) is 0 Å². The van der Waals surface area contributed by atoms with Crippen molar-refractivity contribution in [3.05, 3.63) is 27.6 Å². The van der Waals surface area contributed by atoms with E-state index in [4.69, 9.17) is 16.6 Å². The first-order chi connectivity index (χ1) is 10.0. The molecule has 5 nitrogen and oxygen atoms in total. The minimum Gasteiger partial charge on any atom is -0.306 e. The normalized spacial score (nSPS) is 13.2. The number of imidazole rings is 1. The lowest BCUT2D eigenvalue weighted by atomic mass is 10.3. The van der Waals surface area contributed by atoms with Crippen LogP contribution in [0.2, 0.25) is 0 Å². The third kappa shape index (κ3) is 2.46. The number of rotatable bonds is 4. The fourth-order valence-corrected chi connectivity index (χ4v) is 3.37. The highest BCUT2D eigenvalue weighted by Crippen LogP contribution is 2.27. The number of hydrogen-bond donors (Lipinski definition) is 0. The van der Waals surface area contributed by atoms with E-state index in [1.54, 1.807) is 11.3 Å². The van der Waals surface area contributed by atoms with Crippen LogP contribution in [0.3, 0.4) is 0 Å². The molecule has 0 spiro atoms. The Morgan fingerprint density at radius 2 is 2.14 bits per heavy atom. The van der Waals surface area contributed by atoms with Gasteiger partial charge in [0.15, 0.2) is 5.65 Å². The Balaban J connectivity index is 2.18. The van der Waals surface area contributed by atoms with Gasteiger partial charge in [0.1, 0.15) is 11.3 Å². The van der Waals surface area contributed by atoms with E-state index in [9.17, 15) is 0 Å². The largest absolute Gasteiger partial charge is 0.306 e. The molecule has 0 aliphatic heterocycles. The maximum atomic E-state index is 6.33. The van der Waals surface area contributed by atoms with Gasteiger partial charge in [-0.3, -0.25) is 4.68 Å². The molecule has 3 heterocycles. The average molecular weight is 324 g/mol. The smallest absolute Gasteiger partial charge is 0.159 e. The molecule has 7 heteroatoms. The van der Waals surface area contributed by atoms with Crippen LogP contribution in [0, 0.1) is 6.92 Å². The SMILES string of the molecule is CCc1nn(C)c2c1nc(C(C)Cl)n2Cc1csc(C)n1. The zero-order chi connectivity index (χ0) is 15.1. The Labute approximate surface area is 132 Å². The van der Waals surface area contributed by atoms with Crippen LogP contribution < -0.4 is 0 Å². The monoisotopic (exact) mass is 323 g/mol. The minimum absolute atomic E-state index is 0.151. The summed E-state index contributed by atoms with van der Waals surface area (Å²) >= 11 is 7.98. The zero-order valence-electron chi connectivity index (χ0n) is 12.6. The second-order valence-corrected chi connectivity index (χ2v) is 6.84. The molecule has 0 aromatic carbocycles. The highest BCUT2D eigenvalue weighted by Gasteiger charge is 2.21. The second kappa shape index (κ2) is 5.42. The van der Waals surface area contributed by atoms with Crippen LogP contribution in [-0.4, -0.2) is 24.3 Å². The van der Waals surface area contributed by atoms with Gasteiger partial charge in [0.25, 0.3) is 0 Å². The molecule has 0 aliphatic carbocycles. The summed E-state index contributed by atoms with van der Waals surface area (Å²) in [5.41, 5.74) is 4.02. The van der Waals surface area contributed by atoms with Crippen LogP contribution in [0.5, 0.6) is 0 Å². The lowest BCUT2D eigenvalue weighted by molar-refractivity contribution is 0.676. The summed E-state index contributed by atoms with van der Waals surface area (Å²) in [6.07, 6.45) is 0.861. The molecule has 0 saturated carbocycles. The number of aryl methyl sites for hydroxylation is 3. The molecule has 3 rings (SSSR count). The second-order valence-electron chi connectivity index (χ2n) is 5.13. The van der Waals surface area contributed by atoms with Gasteiger partial charge in [0, 0.05) is 12.4 Å². The van der Waals surface area contributed by atoms with Gasteiger partial charge < -0.3 is 4.57 Å². The summed E-state index contributed by atoms with van der Waals surface area (Å²) in [5.74, 6) is 0.875. The highest BCUT2D eigenvalue weighted by atomic mass is 35.5. The van der Waals surface area contributed by atoms with Gasteiger partial charge in [-0.25, -0.2) is 9.97 Å². The van der Waals surface area contributed by atoms with Crippen LogP contribution in [0.15, 0.2) is 5.38 Å². The molecule has 3 aromatic heterocycles. The van der Waals surface area contributed by atoms with E-state index in [2.05, 4.69) is 27.0 Å². The van der Waals surface area contributed by atoms with Crippen LogP contribution in [0.4, 0.5) is 0 Å². The Morgan fingerprint density at radius 1 is 1.38 bits per heavy atom. The Hall–Kier alpha value is -1.40. The molecule has 112 valence electrons. The summed E-state index contributed by atoms with van der Waals surface area (Å²) in [6.45, 7) is 6.73. The number of thiazole rings is 1. The summed E-state index contributed by atoms with van der Waals surface area (Å²) in [4.78, 5) is 9.28. The maximum absolute atomic E-state index is 6.33. The van der Waals surface area contributed by atoms with Crippen molar-refractivity contribution >= 4 is 34.1 Å². The molecule has 0 fully saturated rings. The van der Waals surface area contributed by atoms with Crippen molar-refractivity contribution in [3.63, 3.8) is 0 Å². The molecular formula is C14H18ClN5S. The Bertz CT molecular complexity index is 783. The lowest BCUT2D eigenvalue weighted by Gasteiger charge is -2.09. The van der Waals surface area contributed by atoms with E-state index in [0.717, 1.165) is 39.8 Å². The van der Waals surface area contributed by atoms with Gasteiger partial charge in [-0.15, -0.1) is 22.9 Å². The molecular weight excluding hydrogens is 306 g/mol. The van der Waals surface area contributed by atoms with Crippen molar-refractivity contribution < 1.29 is 0 Å². The summed E-state index contributed by atoms with van der Waals surface area (Å²) in [6, 6.07) is 0. The fourth-order valence-electron chi connectivity index (χ4n) is 2.60. The molecule has 0 amide bonds. The molecule has 0 bridgehead atoms. The van der Waals surface area contributed by atoms with Crippen LogP contribution >= 0.6 is 22.9 Å². The topological polar surface area (TPSA) is 48.5 Å². The van der Waals surface area contributed by atoms with E-state index < -0.39 is 0 Å². The van der Waals surface area contributed by atoms with Crippen molar-refractivity contribution in [2.24, 2.45) is 7.05 Å². The van der Waals surface area contributed by atoms with Gasteiger partial charge in [-0.2, -0.15) is 5.10 Å². The number of aromatic nitrogens is 5. The third-order valence-corrected chi connectivity index (χ3v) is 4.52.